The van der Waals surface area contributed by atoms with Gasteiger partial charge >= 0.3 is 0 Å². The van der Waals surface area contributed by atoms with Crippen LogP contribution in [0.1, 0.15) is 0 Å². The van der Waals surface area contributed by atoms with E-state index in [0.29, 0.717) is 0 Å². The molecule has 0 N–H and O–H groups in total. The topological polar surface area (TPSA) is 38.7 Å². The summed E-state index contributed by atoms with van der Waals surface area (Å²) in [6, 6.07) is 0. The molecule has 0 spiro atoms. The molecule has 0 unspecified atom stereocenters. The van der Waals surface area contributed by atoms with E-state index in [4.69, 9.17) is 0 Å². The van der Waals surface area contributed by atoms with E-state index in [1.165, 1.54) is 6.33 Å². The third-order valence-electron chi connectivity index (χ3n) is 1.45. The Morgan fingerprint density at radius 3 is 2.67 bits per heavy atom. The van der Waals surface area contributed by atoms with E-state index in [-0.39, 0.29) is 0 Å². The molecule has 0 saturated carbocycles. The van der Waals surface area contributed by atoms with Crippen LogP contribution in [0.4, 0.5) is 0 Å². The molecule has 0 amide bonds. The summed E-state index contributed by atoms with van der Waals surface area (Å²) >= 11 is 6.68. The van der Waals surface area contributed by atoms with Crippen molar-refractivity contribution in [2.24, 2.45) is 0 Å². The molecular formula is C7H3Br2N3. The maximum Gasteiger partial charge on any atom is 0.117 e. The quantitative estimate of drug-likeness (QED) is 0.700. The predicted octanol–water partition coefficient (Wildman–Crippen LogP) is 2.55. The number of nitrogens with zero attached hydrogens (tertiary/aromatic N) is 3. The van der Waals surface area contributed by atoms with E-state index in [1.54, 1.807) is 12.4 Å². The average Bonchev–Trinajstić information content (AvgIpc) is 2.12. The second-order valence-electron chi connectivity index (χ2n) is 2.18. The van der Waals surface area contributed by atoms with Crippen LogP contribution >= 0.6 is 31.9 Å². The van der Waals surface area contributed by atoms with Gasteiger partial charge in [0, 0.05) is 12.4 Å². The van der Waals surface area contributed by atoms with Crippen LogP contribution in [0, 0.1) is 0 Å². The van der Waals surface area contributed by atoms with Gasteiger partial charge in [-0.05, 0) is 31.9 Å². The first-order chi connectivity index (χ1) is 5.79. The fourth-order valence-electron chi connectivity index (χ4n) is 0.915. The van der Waals surface area contributed by atoms with Crippen molar-refractivity contribution in [3.63, 3.8) is 0 Å². The van der Waals surface area contributed by atoms with Crippen molar-refractivity contribution in [2.75, 3.05) is 0 Å². The van der Waals surface area contributed by atoms with Crippen molar-refractivity contribution in [3.05, 3.63) is 27.8 Å². The predicted molar refractivity (Wildman–Crippen MR) is 52.7 cm³/mol. The number of rotatable bonds is 0. The van der Waals surface area contributed by atoms with E-state index >= 15 is 0 Å². The lowest BCUT2D eigenvalue weighted by Crippen LogP contribution is -1.85. The van der Waals surface area contributed by atoms with Crippen LogP contribution in [0.15, 0.2) is 27.8 Å². The fraction of sp³-hybridized carbons (Fsp3) is 0. The first-order valence-electron chi connectivity index (χ1n) is 3.19. The number of halogens is 2. The Hall–Kier alpha value is -0.550. The fourth-order valence-corrected chi connectivity index (χ4v) is 1.73. The first kappa shape index (κ1) is 8.07. The monoisotopic (exact) mass is 287 g/mol. The summed E-state index contributed by atoms with van der Waals surface area (Å²) in [6.45, 7) is 0. The van der Waals surface area contributed by atoms with Gasteiger partial charge in [0.2, 0.25) is 0 Å². The molecule has 0 atom stereocenters. The van der Waals surface area contributed by atoms with E-state index in [9.17, 15) is 0 Å². The van der Waals surface area contributed by atoms with E-state index < -0.39 is 0 Å². The zero-order chi connectivity index (χ0) is 8.55. The molecule has 0 bridgehead atoms. The molecule has 2 aromatic rings. The van der Waals surface area contributed by atoms with E-state index in [1.807, 2.05) is 0 Å². The van der Waals surface area contributed by atoms with Gasteiger partial charge in [0.1, 0.15) is 10.9 Å². The minimum Gasteiger partial charge on any atom is -0.247 e. The molecule has 0 radical (unpaired) electrons. The molecular weight excluding hydrogens is 286 g/mol. The zero-order valence-corrected chi connectivity index (χ0v) is 9.00. The molecule has 0 aliphatic rings. The number of pyridine rings is 1. The molecule has 3 nitrogen and oxygen atoms in total. The number of aromatic nitrogens is 3. The molecule has 0 fully saturated rings. The van der Waals surface area contributed by atoms with Crippen LogP contribution in [0.3, 0.4) is 0 Å². The van der Waals surface area contributed by atoms with Crippen molar-refractivity contribution in [2.45, 2.75) is 0 Å². The second-order valence-corrected chi connectivity index (χ2v) is 3.79. The highest BCUT2D eigenvalue weighted by Gasteiger charge is 2.03. The van der Waals surface area contributed by atoms with Crippen LogP contribution in [0.5, 0.6) is 0 Å². The smallest absolute Gasteiger partial charge is 0.117 e. The van der Waals surface area contributed by atoms with Gasteiger partial charge in [0.25, 0.3) is 0 Å². The van der Waals surface area contributed by atoms with Gasteiger partial charge in [0.15, 0.2) is 0 Å². The molecule has 0 aliphatic heterocycles. The molecule has 0 aliphatic carbocycles. The zero-order valence-electron chi connectivity index (χ0n) is 5.83. The van der Waals surface area contributed by atoms with E-state index in [2.05, 4.69) is 46.8 Å². The lowest BCUT2D eigenvalue weighted by Gasteiger charge is -1.98. The SMILES string of the molecule is Brc1ncc(Br)c2ncncc12. The van der Waals surface area contributed by atoms with Crippen LogP contribution < -0.4 is 0 Å². The van der Waals surface area contributed by atoms with Gasteiger partial charge in [-0.3, -0.25) is 0 Å². The van der Waals surface area contributed by atoms with Crippen molar-refractivity contribution in [1.82, 2.24) is 15.0 Å². The molecule has 60 valence electrons. The minimum atomic E-state index is 0.765. The van der Waals surface area contributed by atoms with Gasteiger partial charge in [0.05, 0.1) is 15.4 Å². The van der Waals surface area contributed by atoms with Crippen LogP contribution in [-0.2, 0) is 0 Å². The largest absolute Gasteiger partial charge is 0.247 e. The van der Waals surface area contributed by atoms with Gasteiger partial charge < -0.3 is 0 Å². The Morgan fingerprint density at radius 1 is 1.08 bits per heavy atom. The highest BCUT2D eigenvalue weighted by Crippen LogP contribution is 2.24. The third kappa shape index (κ3) is 1.23. The first-order valence-corrected chi connectivity index (χ1v) is 4.77. The second kappa shape index (κ2) is 3.06. The normalized spacial score (nSPS) is 10.5. The summed E-state index contributed by atoms with van der Waals surface area (Å²) in [4.78, 5) is 12.1. The lowest BCUT2D eigenvalue weighted by molar-refractivity contribution is 1.19. The highest BCUT2D eigenvalue weighted by molar-refractivity contribution is 9.11. The van der Waals surface area contributed by atoms with Crippen LogP contribution in [-0.4, -0.2) is 15.0 Å². The lowest BCUT2D eigenvalue weighted by atomic mass is 10.3. The molecule has 5 heteroatoms. The summed E-state index contributed by atoms with van der Waals surface area (Å²) in [5, 5.41) is 0.909. The summed E-state index contributed by atoms with van der Waals surface area (Å²) < 4.78 is 1.64. The minimum absolute atomic E-state index is 0.765. The molecule has 2 aromatic heterocycles. The summed E-state index contributed by atoms with van der Waals surface area (Å²) in [5.41, 5.74) is 0.867. The van der Waals surface area contributed by atoms with Crippen molar-refractivity contribution < 1.29 is 0 Å². The maximum absolute atomic E-state index is 4.11. The molecule has 12 heavy (non-hydrogen) atoms. The summed E-state index contributed by atoms with van der Waals surface area (Å²) in [5.74, 6) is 0. The molecule has 2 heterocycles. The Labute approximate surface area is 85.5 Å². The van der Waals surface area contributed by atoms with Crippen LogP contribution in [0.25, 0.3) is 10.9 Å². The van der Waals surface area contributed by atoms with Crippen LogP contribution in [0.2, 0.25) is 0 Å². The standard InChI is InChI=1S/C7H3Br2N3/c8-5-2-11-7(9)4-1-10-3-12-6(4)5/h1-3H. The summed E-state index contributed by atoms with van der Waals surface area (Å²) in [6.07, 6.45) is 4.95. The average molecular weight is 289 g/mol. The Morgan fingerprint density at radius 2 is 1.92 bits per heavy atom. The van der Waals surface area contributed by atoms with Crippen molar-refractivity contribution in [1.29, 1.82) is 0 Å². The number of hydrogen-bond acceptors (Lipinski definition) is 3. The van der Waals surface area contributed by atoms with Gasteiger partial charge in [-0.1, -0.05) is 0 Å². The summed E-state index contributed by atoms with van der Waals surface area (Å²) in [7, 11) is 0. The van der Waals surface area contributed by atoms with Gasteiger partial charge in [-0.2, -0.15) is 0 Å². The molecule has 0 saturated heterocycles. The molecule has 2 rings (SSSR count). The Bertz CT molecular complexity index is 389. The molecule has 0 aromatic carbocycles. The van der Waals surface area contributed by atoms with Gasteiger partial charge in [-0.25, -0.2) is 15.0 Å². The Balaban J connectivity index is 2.95. The number of hydrogen-bond donors (Lipinski definition) is 0. The highest BCUT2D eigenvalue weighted by atomic mass is 79.9. The van der Waals surface area contributed by atoms with Gasteiger partial charge in [-0.15, -0.1) is 0 Å². The Kier molecular flexibility index (Phi) is 2.06. The van der Waals surface area contributed by atoms with Crippen molar-refractivity contribution in [3.8, 4) is 0 Å². The van der Waals surface area contributed by atoms with Crippen molar-refractivity contribution >= 4 is 42.8 Å². The number of fused-ring (bicyclic) bond motifs is 1. The van der Waals surface area contributed by atoms with E-state index in [0.717, 1.165) is 20.0 Å². The maximum atomic E-state index is 4.11. The third-order valence-corrected chi connectivity index (χ3v) is 2.66.